The van der Waals surface area contributed by atoms with Gasteiger partial charge >= 0.3 is 5.97 Å². The molecule has 3 rings (SSSR count). The van der Waals surface area contributed by atoms with Crippen LogP contribution in [0.25, 0.3) is 0 Å². The quantitative estimate of drug-likeness (QED) is 0.534. The predicted molar refractivity (Wildman–Crippen MR) is 101 cm³/mol. The zero-order valence-electron chi connectivity index (χ0n) is 15.6. The van der Waals surface area contributed by atoms with E-state index in [-0.39, 0.29) is 16.2 Å². The third-order valence-electron chi connectivity index (χ3n) is 4.23. The largest absolute Gasteiger partial charge is 0.496 e. The maximum atomic E-state index is 12.6. The summed E-state index contributed by atoms with van der Waals surface area (Å²) in [5.74, 6) is 0.597. The van der Waals surface area contributed by atoms with Crippen molar-refractivity contribution in [2.75, 3.05) is 40.5 Å². The molecule has 2 aromatic rings. The fourth-order valence-corrected chi connectivity index (χ4v) is 4.11. The van der Waals surface area contributed by atoms with E-state index in [1.54, 1.807) is 18.2 Å². The molecule has 8 nitrogen and oxygen atoms in total. The van der Waals surface area contributed by atoms with Gasteiger partial charge in [-0.15, -0.1) is 0 Å². The molecule has 1 saturated heterocycles. The Hall–Kier alpha value is -2.62. The lowest BCUT2D eigenvalue weighted by atomic mass is 10.2. The molecule has 1 aliphatic rings. The third kappa shape index (κ3) is 4.44. The van der Waals surface area contributed by atoms with Crippen molar-refractivity contribution in [3.8, 4) is 17.2 Å². The molecule has 0 amide bonds. The van der Waals surface area contributed by atoms with Crippen LogP contribution in [-0.2, 0) is 14.8 Å². The molecule has 0 spiro atoms. The van der Waals surface area contributed by atoms with Gasteiger partial charge in [-0.2, -0.15) is 4.31 Å². The lowest BCUT2D eigenvalue weighted by Crippen LogP contribution is -2.40. The van der Waals surface area contributed by atoms with E-state index < -0.39 is 16.0 Å². The van der Waals surface area contributed by atoms with Crippen molar-refractivity contribution in [2.24, 2.45) is 0 Å². The molecule has 0 N–H and O–H groups in total. The summed E-state index contributed by atoms with van der Waals surface area (Å²) in [7, 11) is -0.625. The molecule has 0 bridgehead atoms. The van der Waals surface area contributed by atoms with Crippen LogP contribution in [0, 0.1) is 0 Å². The number of sulfonamides is 1. The van der Waals surface area contributed by atoms with E-state index in [9.17, 15) is 13.2 Å². The summed E-state index contributed by atoms with van der Waals surface area (Å²) in [5, 5.41) is 0. The fraction of sp³-hybridized carbons (Fsp3) is 0.316. The first-order chi connectivity index (χ1) is 13.4. The number of benzene rings is 2. The number of hydrogen-bond acceptors (Lipinski definition) is 7. The average Bonchev–Trinajstić information content (AvgIpc) is 2.74. The van der Waals surface area contributed by atoms with Crippen LogP contribution in [0.4, 0.5) is 0 Å². The molecule has 0 unspecified atom stereocenters. The molecular weight excluding hydrogens is 386 g/mol. The summed E-state index contributed by atoms with van der Waals surface area (Å²) < 4.78 is 47.4. The van der Waals surface area contributed by atoms with Gasteiger partial charge < -0.3 is 18.9 Å². The summed E-state index contributed by atoms with van der Waals surface area (Å²) in [6.07, 6.45) is 0. The molecule has 0 atom stereocenters. The number of methoxy groups -OCH3 is 2. The Morgan fingerprint density at radius 2 is 1.46 bits per heavy atom. The highest BCUT2D eigenvalue weighted by atomic mass is 32.2. The highest BCUT2D eigenvalue weighted by Crippen LogP contribution is 2.28. The smallest absolute Gasteiger partial charge is 0.343 e. The summed E-state index contributed by atoms with van der Waals surface area (Å²) in [4.78, 5) is 12.5. The highest BCUT2D eigenvalue weighted by molar-refractivity contribution is 7.89. The molecule has 9 heteroatoms. The van der Waals surface area contributed by atoms with Crippen LogP contribution in [-0.4, -0.2) is 59.2 Å². The first-order valence-electron chi connectivity index (χ1n) is 8.57. The Morgan fingerprint density at radius 1 is 0.929 bits per heavy atom. The maximum Gasteiger partial charge on any atom is 0.343 e. The number of esters is 1. The molecule has 0 aliphatic carbocycles. The van der Waals surface area contributed by atoms with Gasteiger partial charge in [-0.3, -0.25) is 0 Å². The Balaban J connectivity index is 1.75. The molecule has 28 heavy (non-hydrogen) atoms. The minimum Gasteiger partial charge on any atom is -0.496 e. The van der Waals surface area contributed by atoms with Crippen LogP contribution in [0.2, 0.25) is 0 Å². The summed E-state index contributed by atoms with van der Waals surface area (Å²) in [6.45, 7) is 1.36. The van der Waals surface area contributed by atoms with Gasteiger partial charge in [0.1, 0.15) is 17.2 Å². The lowest BCUT2D eigenvalue weighted by molar-refractivity contribution is 0.0730. The van der Waals surface area contributed by atoms with E-state index >= 15 is 0 Å². The van der Waals surface area contributed by atoms with Gasteiger partial charge in [0, 0.05) is 31.3 Å². The maximum absolute atomic E-state index is 12.6. The molecule has 0 radical (unpaired) electrons. The third-order valence-corrected chi connectivity index (χ3v) is 6.15. The van der Waals surface area contributed by atoms with E-state index in [0.717, 1.165) is 0 Å². The number of morpholine rings is 1. The second kappa shape index (κ2) is 8.59. The number of ether oxygens (including phenoxy) is 4. The Kier molecular flexibility index (Phi) is 6.18. The van der Waals surface area contributed by atoms with Gasteiger partial charge in [0.05, 0.1) is 37.9 Å². The second-order valence-electron chi connectivity index (χ2n) is 5.98. The monoisotopic (exact) mass is 407 g/mol. The van der Waals surface area contributed by atoms with E-state index in [2.05, 4.69) is 0 Å². The van der Waals surface area contributed by atoms with E-state index in [0.29, 0.717) is 37.8 Å². The van der Waals surface area contributed by atoms with E-state index in [4.69, 9.17) is 18.9 Å². The molecule has 150 valence electrons. The van der Waals surface area contributed by atoms with E-state index in [1.807, 2.05) is 0 Å². The van der Waals surface area contributed by atoms with Crippen LogP contribution >= 0.6 is 0 Å². The standard InChI is InChI=1S/C19H21NO7S/c1-24-15-11-16(25-2)13-17(12-15)27-19(21)14-3-5-18(6-4-14)28(22,23)20-7-9-26-10-8-20/h3-6,11-13H,7-10H2,1-2H3. The molecule has 2 aromatic carbocycles. The number of carbonyl (C=O) groups excluding carboxylic acids is 1. The normalized spacial score (nSPS) is 15.1. The van der Waals surface area contributed by atoms with E-state index in [1.165, 1.54) is 42.8 Å². The van der Waals surface area contributed by atoms with Gasteiger partial charge in [0.2, 0.25) is 10.0 Å². The van der Waals surface area contributed by atoms with Crippen molar-refractivity contribution in [3.05, 3.63) is 48.0 Å². The minimum atomic E-state index is -3.61. The topological polar surface area (TPSA) is 91.4 Å². The summed E-state index contributed by atoms with van der Waals surface area (Å²) in [5.41, 5.74) is 0.225. The van der Waals surface area contributed by atoms with Gasteiger partial charge in [-0.25, -0.2) is 13.2 Å². The van der Waals surface area contributed by atoms with Gasteiger partial charge in [-0.05, 0) is 24.3 Å². The molecule has 1 fully saturated rings. The van der Waals surface area contributed by atoms with Crippen molar-refractivity contribution in [1.82, 2.24) is 4.31 Å². The molecular formula is C19H21NO7S. The average molecular weight is 407 g/mol. The zero-order chi connectivity index (χ0) is 20.1. The van der Waals surface area contributed by atoms with Gasteiger partial charge in [0.15, 0.2) is 0 Å². The van der Waals surface area contributed by atoms with Crippen molar-refractivity contribution in [2.45, 2.75) is 4.90 Å². The van der Waals surface area contributed by atoms with Crippen molar-refractivity contribution in [1.29, 1.82) is 0 Å². The Bertz CT molecular complexity index is 913. The van der Waals surface area contributed by atoms with Crippen LogP contribution < -0.4 is 14.2 Å². The van der Waals surface area contributed by atoms with Crippen LogP contribution in [0.5, 0.6) is 17.2 Å². The second-order valence-corrected chi connectivity index (χ2v) is 7.92. The number of nitrogens with zero attached hydrogens (tertiary/aromatic N) is 1. The zero-order valence-corrected chi connectivity index (χ0v) is 16.4. The highest BCUT2D eigenvalue weighted by Gasteiger charge is 2.26. The van der Waals surface area contributed by atoms with Crippen molar-refractivity contribution in [3.63, 3.8) is 0 Å². The number of rotatable bonds is 6. The Morgan fingerprint density at radius 3 is 2.00 bits per heavy atom. The van der Waals surface area contributed by atoms with Crippen LogP contribution in [0.1, 0.15) is 10.4 Å². The predicted octanol–water partition coefficient (Wildman–Crippen LogP) is 1.94. The first kappa shape index (κ1) is 20.1. The number of hydrogen-bond donors (Lipinski definition) is 0. The van der Waals surface area contributed by atoms with Crippen molar-refractivity contribution >= 4 is 16.0 Å². The van der Waals surface area contributed by atoms with Gasteiger partial charge in [0.25, 0.3) is 0 Å². The lowest BCUT2D eigenvalue weighted by Gasteiger charge is -2.26. The number of carbonyl (C=O) groups is 1. The Labute approximate surface area is 163 Å². The van der Waals surface area contributed by atoms with Crippen molar-refractivity contribution < 1.29 is 32.2 Å². The molecule has 0 aromatic heterocycles. The summed E-state index contributed by atoms with van der Waals surface area (Å²) in [6, 6.07) is 10.4. The first-order valence-corrected chi connectivity index (χ1v) is 10.0. The SMILES string of the molecule is COc1cc(OC)cc(OC(=O)c2ccc(S(=O)(=O)N3CCOCC3)cc2)c1. The molecule has 0 saturated carbocycles. The summed E-state index contributed by atoms with van der Waals surface area (Å²) >= 11 is 0. The minimum absolute atomic E-state index is 0.119. The van der Waals surface area contributed by atoms with Crippen LogP contribution in [0.15, 0.2) is 47.4 Å². The van der Waals surface area contributed by atoms with Crippen LogP contribution in [0.3, 0.4) is 0 Å². The molecule has 1 aliphatic heterocycles. The fourth-order valence-electron chi connectivity index (χ4n) is 2.71. The van der Waals surface area contributed by atoms with Gasteiger partial charge in [-0.1, -0.05) is 0 Å². The molecule has 1 heterocycles.